The molecule has 6 rings (SSSR count). The van der Waals surface area contributed by atoms with Gasteiger partial charge in [-0.15, -0.1) is 0 Å². The molecule has 1 N–H and O–H groups in total. The Morgan fingerprint density at radius 2 is 1.67 bits per heavy atom. The van der Waals surface area contributed by atoms with Crippen molar-refractivity contribution >= 4 is 0 Å². The maximum Gasteiger partial charge on any atom is 0.161 e. The first-order chi connectivity index (χ1) is 16.3. The molecule has 0 spiro atoms. The first-order valence-corrected chi connectivity index (χ1v) is 11.4. The van der Waals surface area contributed by atoms with Gasteiger partial charge >= 0.3 is 0 Å². The van der Waals surface area contributed by atoms with E-state index in [0.29, 0.717) is 13.2 Å². The van der Waals surface area contributed by atoms with Gasteiger partial charge in [0.2, 0.25) is 0 Å². The zero-order valence-corrected chi connectivity index (χ0v) is 18.4. The van der Waals surface area contributed by atoms with Gasteiger partial charge < -0.3 is 19.2 Å². The van der Waals surface area contributed by atoms with E-state index >= 15 is 0 Å². The fraction of sp³-hybridized carbons (Fsp3) is 0.269. The average molecular weight is 443 g/mol. The van der Waals surface area contributed by atoms with Gasteiger partial charge in [0.05, 0.1) is 12.0 Å². The zero-order valence-electron chi connectivity index (χ0n) is 18.4. The molecular formula is C26H26N4O3. The Morgan fingerprint density at radius 3 is 2.45 bits per heavy atom. The third-order valence-corrected chi connectivity index (χ3v) is 6.16. The van der Waals surface area contributed by atoms with Crippen molar-refractivity contribution in [2.24, 2.45) is 0 Å². The van der Waals surface area contributed by atoms with Crippen LogP contribution in [0, 0.1) is 0 Å². The van der Waals surface area contributed by atoms with E-state index in [9.17, 15) is 0 Å². The summed E-state index contributed by atoms with van der Waals surface area (Å²) in [6.07, 6.45) is 3.82. The molecule has 0 aliphatic carbocycles. The fourth-order valence-corrected chi connectivity index (χ4v) is 4.42. The number of aromatic nitrogens is 2. The van der Waals surface area contributed by atoms with Crippen LogP contribution in [0.5, 0.6) is 11.5 Å². The largest absolute Gasteiger partial charge is 0.486 e. The van der Waals surface area contributed by atoms with Crippen LogP contribution in [0.3, 0.4) is 0 Å². The number of fused-ring (bicyclic) bond motifs is 1. The topological polar surface area (TPSA) is 64.7 Å². The van der Waals surface area contributed by atoms with Crippen molar-refractivity contribution < 1.29 is 13.9 Å². The van der Waals surface area contributed by atoms with Gasteiger partial charge in [-0.1, -0.05) is 18.2 Å². The fourth-order valence-electron chi connectivity index (χ4n) is 4.42. The highest BCUT2D eigenvalue weighted by Crippen LogP contribution is 2.35. The van der Waals surface area contributed by atoms with Crippen molar-refractivity contribution in [1.82, 2.24) is 20.0 Å². The number of nitrogens with zero attached hydrogens (tertiary/aromatic N) is 3. The summed E-state index contributed by atoms with van der Waals surface area (Å²) in [6, 6.07) is 18.4. The molecule has 7 nitrogen and oxygen atoms in total. The van der Waals surface area contributed by atoms with Gasteiger partial charge in [-0.05, 0) is 47.5 Å². The van der Waals surface area contributed by atoms with Crippen molar-refractivity contribution in [3.05, 3.63) is 72.6 Å². The molecule has 1 fully saturated rings. The summed E-state index contributed by atoms with van der Waals surface area (Å²) >= 11 is 0. The summed E-state index contributed by atoms with van der Waals surface area (Å²) in [5.41, 5.74) is 5.30. The molecule has 0 unspecified atom stereocenters. The molecule has 0 amide bonds. The molecular weight excluding hydrogens is 416 g/mol. The molecule has 4 aromatic rings. The minimum Gasteiger partial charge on any atom is -0.486 e. The lowest BCUT2D eigenvalue weighted by Gasteiger charge is -2.26. The lowest BCUT2D eigenvalue weighted by Crippen LogP contribution is -2.42. The van der Waals surface area contributed by atoms with Crippen molar-refractivity contribution in [3.63, 3.8) is 0 Å². The van der Waals surface area contributed by atoms with E-state index in [-0.39, 0.29) is 0 Å². The Balaban J connectivity index is 1.29. The van der Waals surface area contributed by atoms with Crippen molar-refractivity contribution in [2.45, 2.75) is 6.54 Å². The van der Waals surface area contributed by atoms with Crippen LogP contribution in [0.2, 0.25) is 0 Å². The van der Waals surface area contributed by atoms with Gasteiger partial charge in [0.25, 0.3) is 0 Å². The molecule has 7 heteroatoms. The third-order valence-electron chi connectivity index (χ3n) is 6.16. The van der Waals surface area contributed by atoms with Crippen LogP contribution >= 0.6 is 0 Å². The number of hydrogen-bond acceptors (Lipinski definition) is 6. The van der Waals surface area contributed by atoms with Crippen molar-refractivity contribution in [1.29, 1.82) is 0 Å². The number of piperazine rings is 1. The second-order valence-electron chi connectivity index (χ2n) is 8.36. The molecule has 0 atom stereocenters. The van der Waals surface area contributed by atoms with Gasteiger partial charge in [0.1, 0.15) is 18.9 Å². The normalized spacial score (nSPS) is 16.1. The Labute approximate surface area is 192 Å². The van der Waals surface area contributed by atoms with E-state index in [2.05, 4.69) is 46.7 Å². The van der Waals surface area contributed by atoms with Crippen LogP contribution in [0.4, 0.5) is 0 Å². The molecule has 2 aromatic heterocycles. The number of benzene rings is 2. The van der Waals surface area contributed by atoms with Crippen LogP contribution in [-0.4, -0.2) is 54.1 Å². The van der Waals surface area contributed by atoms with Gasteiger partial charge in [0.15, 0.2) is 17.3 Å². The number of rotatable bonds is 5. The van der Waals surface area contributed by atoms with E-state index in [1.54, 1.807) is 6.26 Å². The summed E-state index contributed by atoms with van der Waals surface area (Å²) in [6.45, 7) is 6.15. The molecule has 0 radical (unpaired) electrons. The standard InChI is InChI=1S/C26H26N4O3/c1-2-24(31-13-1)26-21(17-29-11-9-27-10-12-29)18-30(28-26)22-6-3-19(4-7-22)20-5-8-23-25(16-20)33-15-14-32-23/h1-8,13,16,18,27H,9-12,14-15,17H2. The number of hydrogen-bond donors (Lipinski definition) is 1. The molecule has 168 valence electrons. The second kappa shape index (κ2) is 8.77. The minimum absolute atomic E-state index is 0.586. The number of nitrogens with one attached hydrogen (secondary N) is 1. The SMILES string of the molecule is c1coc(-c2nn(-c3ccc(-c4ccc5c(c4)OCCO5)cc3)cc2CN2CCNCC2)c1. The molecule has 0 saturated carbocycles. The summed E-state index contributed by atoms with van der Waals surface area (Å²) < 4.78 is 19.0. The number of furan rings is 1. The molecule has 33 heavy (non-hydrogen) atoms. The molecule has 2 aliphatic rings. The zero-order chi connectivity index (χ0) is 22.0. The van der Waals surface area contributed by atoms with E-state index in [4.69, 9.17) is 19.0 Å². The molecule has 0 bridgehead atoms. The van der Waals surface area contributed by atoms with Crippen LogP contribution in [0.15, 0.2) is 71.5 Å². The summed E-state index contributed by atoms with van der Waals surface area (Å²) in [4.78, 5) is 2.45. The molecule has 2 aromatic carbocycles. The van der Waals surface area contributed by atoms with Crippen LogP contribution < -0.4 is 14.8 Å². The van der Waals surface area contributed by atoms with Crippen LogP contribution in [0.1, 0.15) is 5.56 Å². The van der Waals surface area contributed by atoms with Crippen molar-refractivity contribution in [2.75, 3.05) is 39.4 Å². The van der Waals surface area contributed by atoms with Gasteiger partial charge in [-0.2, -0.15) is 5.10 Å². The van der Waals surface area contributed by atoms with Crippen LogP contribution in [0.25, 0.3) is 28.3 Å². The predicted octanol–water partition coefficient (Wildman–Crippen LogP) is 3.98. The summed E-state index contributed by atoms with van der Waals surface area (Å²) in [5, 5.41) is 8.31. The van der Waals surface area contributed by atoms with E-state index < -0.39 is 0 Å². The van der Waals surface area contributed by atoms with E-state index in [1.807, 2.05) is 28.9 Å². The Bertz CT molecular complexity index is 1230. The molecule has 2 aliphatic heterocycles. The maximum atomic E-state index is 5.74. The minimum atomic E-state index is 0.586. The Morgan fingerprint density at radius 1 is 0.879 bits per heavy atom. The Hall–Kier alpha value is -3.55. The maximum absolute atomic E-state index is 5.74. The number of ether oxygens (including phenoxy) is 2. The van der Waals surface area contributed by atoms with Crippen molar-refractivity contribution in [3.8, 4) is 39.8 Å². The Kier molecular flexibility index (Phi) is 5.34. The smallest absolute Gasteiger partial charge is 0.161 e. The predicted molar refractivity (Wildman–Crippen MR) is 126 cm³/mol. The monoisotopic (exact) mass is 442 g/mol. The lowest BCUT2D eigenvalue weighted by atomic mass is 10.0. The van der Waals surface area contributed by atoms with Gasteiger partial charge in [-0.25, -0.2) is 4.68 Å². The van der Waals surface area contributed by atoms with Crippen LogP contribution in [-0.2, 0) is 6.54 Å². The average Bonchev–Trinajstić information content (AvgIpc) is 3.55. The third kappa shape index (κ3) is 4.13. The van der Waals surface area contributed by atoms with Gasteiger partial charge in [-0.3, -0.25) is 4.90 Å². The first kappa shape index (κ1) is 20.1. The van der Waals surface area contributed by atoms with E-state index in [0.717, 1.165) is 72.5 Å². The summed E-state index contributed by atoms with van der Waals surface area (Å²) in [5.74, 6) is 2.41. The second-order valence-corrected chi connectivity index (χ2v) is 8.36. The highest BCUT2D eigenvalue weighted by atomic mass is 16.6. The molecule has 4 heterocycles. The van der Waals surface area contributed by atoms with Gasteiger partial charge in [0, 0.05) is 44.5 Å². The highest BCUT2D eigenvalue weighted by molar-refractivity contribution is 5.68. The quantitative estimate of drug-likeness (QED) is 0.505. The molecule has 1 saturated heterocycles. The van der Waals surface area contributed by atoms with E-state index in [1.165, 1.54) is 5.56 Å². The lowest BCUT2D eigenvalue weighted by molar-refractivity contribution is 0.171. The summed E-state index contributed by atoms with van der Waals surface area (Å²) in [7, 11) is 0. The first-order valence-electron chi connectivity index (χ1n) is 11.4. The highest BCUT2D eigenvalue weighted by Gasteiger charge is 2.19.